The molecule has 1 amide bonds. The van der Waals surface area contributed by atoms with E-state index in [0.29, 0.717) is 0 Å². The summed E-state index contributed by atoms with van der Waals surface area (Å²) < 4.78 is -0.235. The molecule has 114 valence electrons. The van der Waals surface area contributed by atoms with E-state index in [1.807, 2.05) is 23.3 Å². The maximum Gasteiger partial charge on any atom is 0.251 e. The molecule has 1 saturated heterocycles. The van der Waals surface area contributed by atoms with Crippen LogP contribution in [0.4, 0.5) is 0 Å². The molecule has 4 aliphatic rings. The maximum atomic E-state index is 13.0. The predicted molar refractivity (Wildman–Crippen MR) is 91.1 cm³/mol. The molecule has 0 aromatic rings. The van der Waals surface area contributed by atoms with Gasteiger partial charge in [-0.2, -0.15) is 0 Å². The van der Waals surface area contributed by atoms with Crippen molar-refractivity contribution in [2.24, 2.45) is 4.99 Å². The Balaban J connectivity index is 1.67. The van der Waals surface area contributed by atoms with E-state index in [-0.39, 0.29) is 10.7 Å². The van der Waals surface area contributed by atoms with E-state index in [4.69, 9.17) is 0 Å². The summed E-state index contributed by atoms with van der Waals surface area (Å²) in [5, 5.41) is 0. The van der Waals surface area contributed by atoms with Gasteiger partial charge in [0.05, 0.1) is 5.71 Å². The Morgan fingerprint density at radius 3 is 2.86 bits per heavy atom. The van der Waals surface area contributed by atoms with Crippen molar-refractivity contribution >= 4 is 23.4 Å². The van der Waals surface area contributed by atoms with Crippen molar-refractivity contribution in [3.8, 4) is 0 Å². The molecule has 0 aromatic carbocycles. The summed E-state index contributed by atoms with van der Waals surface area (Å²) in [6.45, 7) is 3.56. The van der Waals surface area contributed by atoms with Gasteiger partial charge in [-0.3, -0.25) is 9.79 Å². The maximum absolute atomic E-state index is 13.0. The zero-order valence-electron chi connectivity index (χ0n) is 12.7. The quantitative estimate of drug-likeness (QED) is 0.738. The zero-order valence-corrected chi connectivity index (χ0v) is 13.5. The molecule has 0 saturated carbocycles. The number of carbonyl (C=O) groups is 1. The molecular weight excluding hydrogens is 294 g/mol. The van der Waals surface area contributed by atoms with Gasteiger partial charge in [-0.25, -0.2) is 0 Å². The fraction of sp³-hybridized carbons (Fsp3) is 0.412. The highest BCUT2D eigenvalue weighted by molar-refractivity contribution is 8.02. The van der Waals surface area contributed by atoms with Gasteiger partial charge in [-0.05, 0) is 24.8 Å². The van der Waals surface area contributed by atoms with Crippen molar-refractivity contribution in [2.75, 3.05) is 39.0 Å². The second-order valence-corrected chi connectivity index (χ2v) is 7.28. The molecule has 0 radical (unpaired) electrons. The minimum Gasteiger partial charge on any atom is -0.336 e. The number of aliphatic imine (C=N–C) groups is 1. The number of rotatable bonds is 1. The monoisotopic (exact) mass is 313 g/mol. The highest BCUT2D eigenvalue weighted by Crippen LogP contribution is 2.48. The van der Waals surface area contributed by atoms with Gasteiger partial charge in [0, 0.05) is 43.7 Å². The van der Waals surface area contributed by atoms with Crippen molar-refractivity contribution in [2.45, 2.75) is 4.75 Å². The first-order chi connectivity index (χ1) is 10.7. The van der Waals surface area contributed by atoms with Crippen LogP contribution in [0.3, 0.4) is 0 Å². The van der Waals surface area contributed by atoms with Crippen LogP contribution < -0.4 is 0 Å². The molecule has 1 aliphatic carbocycles. The van der Waals surface area contributed by atoms with Gasteiger partial charge in [-0.1, -0.05) is 18.2 Å². The number of amides is 1. The molecule has 22 heavy (non-hydrogen) atoms. The number of likely N-dealkylation sites (N-methyl/N-ethyl adjacent to an activating group) is 1. The number of piperazine rings is 1. The topological polar surface area (TPSA) is 35.9 Å². The fourth-order valence-electron chi connectivity index (χ4n) is 3.40. The minimum absolute atomic E-state index is 0.210. The van der Waals surface area contributed by atoms with Gasteiger partial charge in [-0.15, -0.1) is 11.8 Å². The van der Waals surface area contributed by atoms with E-state index >= 15 is 0 Å². The highest BCUT2D eigenvalue weighted by atomic mass is 32.2. The first-order valence-corrected chi connectivity index (χ1v) is 8.65. The van der Waals surface area contributed by atoms with Gasteiger partial charge in [0.15, 0.2) is 0 Å². The Kier molecular flexibility index (Phi) is 3.35. The van der Waals surface area contributed by atoms with Crippen LogP contribution in [0.1, 0.15) is 0 Å². The van der Waals surface area contributed by atoms with Gasteiger partial charge in [0.1, 0.15) is 4.75 Å². The third kappa shape index (κ3) is 2.03. The molecule has 0 aromatic heterocycles. The highest BCUT2D eigenvalue weighted by Gasteiger charge is 2.46. The number of hydrogen-bond donors (Lipinski definition) is 0. The molecule has 0 N–H and O–H groups in total. The van der Waals surface area contributed by atoms with Crippen molar-refractivity contribution in [3.63, 3.8) is 0 Å². The van der Waals surface area contributed by atoms with E-state index in [0.717, 1.165) is 48.8 Å². The second kappa shape index (κ2) is 5.25. The van der Waals surface area contributed by atoms with E-state index in [1.54, 1.807) is 11.8 Å². The van der Waals surface area contributed by atoms with Crippen LogP contribution in [0.5, 0.6) is 0 Å². The Morgan fingerprint density at radius 2 is 2.05 bits per heavy atom. The first kappa shape index (κ1) is 14.0. The largest absolute Gasteiger partial charge is 0.336 e. The summed E-state index contributed by atoms with van der Waals surface area (Å²) in [6.07, 6.45) is 12.2. The number of hydrogen-bond acceptors (Lipinski definition) is 4. The second-order valence-electron chi connectivity index (χ2n) is 6.06. The molecule has 4 rings (SSSR count). The van der Waals surface area contributed by atoms with E-state index in [2.05, 4.69) is 35.2 Å². The first-order valence-electron chi connectivity index (χ1n) is 7.67. The zero-order chi connectivity index (χ0) is 15.2. The van der Waals surface area contributed by atoms with E-state index < -0.39 is 0 Å². The molecule has 3 aliphatic heterocycles. The smallest absolute Gasteiger partial charge is 0.251 e. The summed E-state index contributed by atoms with van der Waals surface area (Å²) in [5.74, 6) is 0.975. The van der Waals surface area contributed by atoms with Crippen LogP contribution in [0.2, 0.25) is 0 Å². The molecule has 1 fully saturated rings. The third-order valence-corrected chi connectivity index (χ3v) is 6.20. The average Bonchev–Trinajstić information content (AvgIpc) is 2.92. The summed E-state index contributed by atoms with van der Waals surface area (Å²) in [7, 11) is 2.11. The normalized spacial score (nSPS) is 30.4. The van der Waals surface area contributed by atoms with Crippen LogP contribution in [0.15, 0.2) is 52.7 Å². The lowest BCUT2D eigenvalue weighted by Crippen LogP contribution is -2.47. The van der Waals surface area contributed by atoms with Crippen molar-refractivity contribution < 1.29 is 4.79 Å². The molecular formula is C17H19N3OS. The molecule has 1 unspecified atom stereocenters. The van der Waals surface area contributed by atoms with Gasteiger partial charge < -0.3 is 9.80 Å². The van der Waals surface area contributed by atoms with Gasteiger partial charge in [0.25, 0.3) is 5.91 Å². The summed E-state index contributed by atoms with van der Waals surface area (Å²) in [6, 6.07) is 0. The summed E-state index contributed by atoms with van der Waals surface area (Å²) in [5.41, 5.74) is 3.13. The number of nitrogens with zero attached hydrogens (tertiary/aromatic N) is 3. The molecule has 5 heteroatoms. The van der Waals surface area contributed by atoms with Crippen LogP contribution in [-0.2, 0) is 4.79 Å². The molecule has 1 spiro atoms. The van der Waals surface area contributed by atoms with Gasteiger partial charge in [0.2, 0.25) is 0 Å². The number of allylic oxidation sites excluding steroid dienone is 4. The SMILES string of the molecule is CN1CCN(C(=O)C2=C3C=CN=C4C=CC=CC43SC2)CC1. The minimum atomic E-state index is -0.235. The molecule has 3 heterocycles. The standard InChI is InChI=1S/C17H19N3OS/c1-19-8-10-20(11-9-19)16(21)13-12-22-17-6-3-2-4-15(17)18-7-5-14(13)17/h2-7H,8-12H2,1H3. The molecule has 0 bridgehead atoms. The Bertz CT molecular complexity index is 665. The van der Waals surface area contributed by atoms with Crippen LogP contribution >= 0.6 is 11.8 Å². The Morgan fingerprint density at radius 1 is 1.23 bits per heavy atom. The Labute approximate surface area is 134 Å². The summed E-state index contributed by atoms with van der Waals surface area (Å²) >= 11 is 1.81. The number of thioether (sulfide) groups is 1. The van der Waals surface area contributed by atoms with Crippen LogP contribution in [-0.4, -0.2) is 65.1 Å². The average molecular weight is 313 g/mol. The van der Waals surface area contributed by atoms with Crippen LogP contribution in [0, 0.1) is 0 Å². The predicted octanol–water partition coefficient (Wildman–Crippen LogP) is 1.64. The summed E-state index contributed by atoms with van der Waals surface area (Å²) in [4.78, 5) is 21.7. The Hall–Kier alpha value is -1.59. The van der Waals surface area contributed by atoms with Crippen molar-refractivity contribution in [1.82, 2.24) is 9.80 Å². The van der Waals surface area contributed by atoms with Crippen LogP contribution in [0.25, 0.3) is 0 Å². The lowest BCUT2D eigenvalue weighted by Gasteiger charge is -2.33. The fourth-order valence-corrected chi connectivity index (χ4v) is 4.84. The lowest BCUT2D eigenvalue weighted by molar-refractivity contribution is -0.128. The van der Waals surface area contributed by atoms with Crippen molar-refractivity contribution in [1.29, 1.82) is 0 Å². The third-order valence-electron chi connectivity index (χ3n) is 4.75. The van der Waals surface area contributed by atoms with E-state index in [9.17, 15) is 4.79 Å². The molecule has 1 atom stereocenters. The number of carbonyl (C=O) groups excluding carboxylic acids is 1. The lowest BCUT2D eigenvalue weighted by atomic mass is 9.85. The van der Waals surface area contributed by atoms with E-state index in [1.165, 1.54) is 0 Å². The van der Waals surface area contributed by atoms with Gasteiger partial charge >= 0.3 is 0 Å². The van der Waals surface area contributed by atoms with Crippen molar-refractivity contribution in [3.05, 3.63) is 47.7 Å². The molecule has 4 nitrogen and oxygen atoms in total.